The average molecular weight is 132 g/mol. The van der Waals surface area contributed by atoms with Crippen LogP contribution in [0.15, 0.2) is 0 Å². The highest BCUT2D eigenvalue weighted by atomic mass is 16.3. The topological polar surface area (TPSA) is 60.8 Å². The van der Waals surface area contributed by atoms with E-state index in [4.69, 9.17) is 10.2 Å². The quantitative estimate of drug-likeness (QED) is 0.450. The number of hydrogen-bond donors (Lipinski definition) is 2. The molecule has 1 unspecified atom stereocenters. The summed E-state index contributed by atoms with van der Waals surface area (Å²) in [6.07, 6.45) is 0.692. The molecule has 2 N–H and O–H groups in total. The van der Waals surface area contributed by atoms with Gasteiger partial charge in [0, 0.05) is 13.6 Å². The van der Waals surface area contributed by atoms with E-state index < -0.39 is 6.10 Å². The van der Waals surface area contributed by atoms with Gasteiger partial charge in [0.15, 0.2) is 0 Å². The summed E-state index contributed by atoms with van der Waals surface area (Å²) >= 11 is 0. The lowest BCUT2D eigenvalue weighted by Crippen LogP contribution is -2.30. The standard InChI is InChI=1S/C5H10NO3/c1-6(4-8)2-5(9)3-7/h5,7,9H,2-3H2,1H3. The minimum atomic E-state index is -0.851. The third-order valence-corrected chi connectivity index (χ3v) is 0.851. The normalized spacial score (nSPS) is 12.8. The molecule has 0 aliphatic rings. The molecule has 0 aliphatic heterocycles. The molecule has 0 aromatic rings. The maximum Gasteiger partial charge on any atom is 0.311 e. The van der Waals surface area contributed by atoms with Crippen molar-refractivity contribution in [2.45, 2.75) is 6.10 Å². The molecule has 0 fully saturated rings. The van der Waals surface area contributed by atoms with Crippen molar-refractivity contribution in [2.75, 3.05) is 20.2 Å². The van der Waals surface area contributed by atoms with Crippen LogP contribution in [-0.4, -0.2) is 47.8 Å². The summed E-state index contributed by atoms with van der Waals surface area (Å²) in [7, 11) is 1.48. The Morgan fingerprint density at radius 1 is 1.78 bits per heavy atom. The van der Waals surface area contributed by atoms with Crippen LogP contribution in [0.5, 0.6) is 0 Å². The Hall–Kier alpha value is -0.610. The summed E-state index contributed by atoms with van der Waals surface area (Å²) in [5.41, 5.74) is 0. The van der Waals surface area contributed by atoms with E-state index in [0.29, 0.717) is 0 Å². The van der Waals surface area contributed by atoms with Gasteiger partial charge in [-0.05, 0) is 0 Å². The summed E-state index contributed by atoms with van der Waals surface area (Å²) in [5.74, 6) is 0. The second-order valence-electron chi connectivity index (χ2n) is 1.81. The van der Waals surface area contributed by atoms with E-state index >= 15 is 0 Å². The second-order valence-corrected chi connectivity index (χ2v) is 1.81. The Kier molecular flexibility index (Phi) is 4.00. The highest BCUT2D eigenvalue weighted by Crippen LogP contribution is 1.82. The molecule has 0 aliphatic carbocycles. The molecule has 0 saturated heterocycles. The summed E-state index contributed by atoms with van der Waals surface area (Å²) in [4.78, 5) is 10.9. The monoisotopic (exact) mass is 132 g/mol. The zero-order chi connectivity index (χ0) is 7.28. The smallest absolute Gasteiger partial charge is 0.311 e. The SMILES string of the molecule is CN([C]=O)CC(O)CO. The van der Waals surface area contributed by atoms with Crippen molar-refractivity contribution < 1.29 is 15.0 Å². The van der Waals surface area contributed by atoms with Crippen molar-refractivity contribution in [2.24, 2.45) is 0 Å². The number of amides is 1. The molecule has 0 saturated carbocycles. The third-order valence-electron chi connectivity index (χ3n) is 0.851. The number of rotatable bonds is 4. The van der Waals surface area contributed by atoms with Gasteiger partial charge in [0.05, 0.1) is 12.7 Å². The minimum Gasteiger partial charge on any atom is -0.394 e. The van der Waals surface area contributed by atoms with Crippen molar-refractivity contribution in [3.05, 3.63) is 0 Å². The van der Waals surface area contributed by atoms with Gasteiger partial charge in [-0.3, -0.25) is 4.79 Å². The highest BCUT2D eigenvalue weighted by molar-refractivity contribution is 5.47. The maximum atomic E-state index is 9.76. The fourth-order valence-corrected chi connectivity index (χ4v) is 0.411. The zero-order valence-corrected chi connectivity index (χ0v) is 5.24. The molecule has 1 amide bonds. The highest BCUT2D eigenvalue weighted by Gasteiger charge is 2.03. The van der Waals surface area contributed by atoms with E-state index in [1.807, 2.05) is 0 Å². The number of nitrogens with zero attached hydrogens (tertiary/aromatic N) is 1. The molecular weight excluding hydrogens is 122 g/mol. The van der Waals surface area contributed by atoms with Gasteiger partial charge in [-0.2, -0.15) is 0 Å². The molecule has 0 bridgehead atoms. The van der Waals surface area contributed by atoms with Gasteiger partial charge in [0.2, 0.25) is 0 Å². The van der Waals surface area contributed by atoms with Crippen LogP contribution in [-0.2, 0) is 4.79 Å². The molecule has 1 atom stereocenters. The summed E-state index contributed by atoms with van der Waals surface area (Å²) in [6, 6.07) is 0. The van der Waals surface area contributed by atoms with Crippen LogP contribution in [0.4, 0.5) is 0 Å². The van der Waals surface area contributed by atoms with E-state index in [2.05, 4.69) is 0 Å². The predicted octanol–water partition coefficient (Wildman–Crippen LogP) is -1.66. The lowest BCUT2D eigenvalue weighted by molar-refractivity contribution is 0.0800. The van der Waals surface area contributed by atoms with Crippen LogP contribution in [0.2, 0.25) is 0 Å². The van der Waals surface area contributed by atoms with Crippen molar-refractivity contribution in [1.82, 2.24) is 4.90 Å². The Morgan fingerprint density at radius 3 is 2.67 bits per heavy atom. The van der Waals surface area contributed by atoms with Gasteiger partial charge in [0.1, 0.15) is 0 Å². The maximum absolute atomic E-state index is 9.76. The van der Waals surface area contributed by atoms with Crippen LogP contribution < -0.4 is 0 Å². The van der Waals surface area contributed by atoms with E-state index in [1.165, 1.54) is 7.05 Å². The minimum absolute atomic E-state index is 0.125. The third kappa shape index (κ3) is 3.93. The van der Waals surface area contributed by atoms with Crippen LogP contribution >= 0.6 is 0 Å². The van der Waals surface area contributed by atoms with E-state index in [9.17, 15) is 4.79 Å². The van der Waals surface area contributed by atoms with Crippen LogP contribution in [0.1, 0.15) is 0 Å². The number of aliphatic hydroxyl groups excluding tert-OH is 2. The average Bonchev–Trinajstić information content (AvgIpc) is 1.87. The van der Waals surface area contributed by atoms with Gasteiger partial charge in [-0.25, -0.2) is 0 Å². The van der Waals surface area contributed by atoms with Crippen molar-refractivity contribution >= 4 is 6.41 Å². The number of likely N-dealkylation sites (N-methyl/N-ethyl adjacent to an activating group) is 1. The summed E-state index contributed by atoms with van der Waals surface area (Å²) in [5, 5.41) is 17.0. The molecular formula is C5H10NO3. The molecule has 4 heteroatoms. The first kappa shape index (κ1) is 8.39. The van der Waals surface area contributed by atoms with Crippen LogP contribution in [0, 0.1) is 0 Å². The molecule has 0 rings (SSSR count). The molecule has 4 nitrogen and oxygen atoms in total. The Labute approximate surface area is 53.7 Å². The molecule has 53 valence electrons. The van der Waals surface area contributed by atoms with E-state index in [-0.39, 0.29) is 13.2 Å². The Morgan fingerprint density at radius 2 is 2.33 bits per heavy atom. The molecule has 0 aromatic carbocycles. The van der Waals surface area contributed by atoms with Crippen LogP contribution in [0.3, 0.4) is 0 Å². The van der Waals surface area contributed by atoms with Gasteiger partial charge in [-0.15, -0.1) is 0 Å². The Bertz CT molecular complexity index is 86.3. The fraction of sp³-hybridized carbons (Fsp3) is 0.800. The number of carbonyl (C=O) groups excluding carboxylic acids is 1. The van der Waals surface area contributed by atoms with Crippen molar-refractivity contribution in [1.29, 1.82) is 0 Å². The lowest BCUT2D eigenvalue weighted by Gasteiger charge is -2.12. The Balaban J connectivity index is 3.33. The largest absolute Gasteiger partial charge is 0.394 e. The zero-order valence-electron chi connectivity index (χ0n) is 5.24. The molecule has 0 spiro atoms. The van der Waals surface area contributed by atoms with Gasteiger partial charge in [0.25, 0.3) is 0 Å². The molecule has 1 radical (unpaired) electrons. The lowest BCUT2D eigenvalue weighted by atomic mass is 10.4. The molecule has 0 heterocycles. The van der Waals surface area contributed by atoms with E-state index in [0.717, 1.165) is 4.90 Å². The van der Waals surface area contributed by atoms with E-state index in [1.54, 1.807) is 6.41 Å². The first-order valence-electron chi connectivity index (χ1n) is 2.58. The fourth-order valence-electron chi connectivity index (χ4n) is 0.411. The second kappa shape index (κ2) is 4.29. The van der Waals surface area contributed by atoms with Gasteiger partial charge < -0.3 is 15.1 Å². The van der Waals surface area contributed by atoms with Crippen molar-refractivity contribution in [3.63, 3.8) is 0 Å². The molecule has 9 heavy (non-hydrogen) atoms. The predicted molar refractivity (Wildman–Crippen MR) is 31.4 cm³/mol. The first-order chi connectivity index (χ1) is 4.20. The van der Waals surface area contributed by atoms with Crippen LogP contribution in [0.25, 0.3) is 0 Å². The van der Waals surface area contributed by atoms with Crippen molar-refractivity contribution in [3.8, 4) is 0 Å². The van der Waals surface area contributed by atoms with Gasteiger partial charge >= 0.3 is 6.41 Å². The number of hydrogen-bond acceptors (Lipinski definition) is 3. The number of aliphatic hydroxyl groups is 2. The first-order valence-corrected chi connectivity index (χ1v) is 2.58. The summed E-state index contributed by atoms with van der Waals surface area (Å²) < 4.78 is 0. The molecule has 0 aromatic heterocycles. The van der Waals surface area contributed by atoms with Gasteiger partial charge in [-0.1, -0.05) is 0 Å². The summed E-state index contributed by atoms with van der Waals surface area (Å²) in [6.45, 7) is -0.202.